The molecule has 1 aromatic carbocycles. The highest BCUT2D eigenvalue weighted by molar-refractivity contribution is 6.31. The molecule has 0 aliphatic carbocycles. The summed E-state index contributed by atoms with van der Waals surface area (Å²) >= 11 is 11.5. The molecule has 4 nitrogen and oxygen atoms in total. The van der Waals surface area contributed by atoms with E-state index in [1.165, 1.54) is 0 Å². The highest BCUT2D eigenvalue weighted by atomic mass is 35.5. The SMILES string of the molecule is ClCc1nnc(NCc2ccccc2Cl)o1. The molecule has 84 valence electrons. The Morgan fingerprint density at radius 2 is 2.06 bits per heavy atom. The van der Waals surface area contributed by atoms with Crippen LogP contribution in [0.25, 0.3) is 0 Å². The number of hydrogen-bond donors (Lipinski definition) is 1. The maximum Gasteiger partial charge on any atom is 0.315 e. The van der Waals surface area contributed by atoms with Crippen LogP contribution in [0.5, 0.6) is 0 Å². The van der Waals surface area contributed by atoms with Gasteiger partial charge in [0.1, 0.15) is 5.88 Å². The first kappa shape index (κ1) is 11.2. The molecule has 0 saturated carbocycles. The quantitative estimate of drug-likeness (QED) is 0.856. The van der Waals surface area contributed by atoms with E-state index >= 15 is 0 Å². The second-order valence-electron chi connectivity index (χ2n) is 3.08. The van der Waals surface area contributed by atoms with E-state index in [0.717, 1.165) is 5.56 Å². The van der Waals surface area contributed by atoms with Crippen LogP contribution < -0.4 is 5.32 Å². The molecule has 6 heteroatoms. The van der Waals surface area contributed by atoms with Crippen LogP contribution in [0, 0.1) is 0 Å². The summed E-state index contributed by atoms with van der Waals surface area (Å²) < 4.78 is 5.19. The lowest BCUT2D eigenvalue weighted by atomic mass is 10.2. The van der Waals surface area contributed by atoms with Crippen molar-refractivity contribution in [1.29, 1.82) is 0 Å². The van der Waals surface area contributed by atoms with Crippen molar-refractivity contribution in [2.45, 2.75) is 12.4 Å². The fourth-order valence-corrected chi connectivity index (χ4v) is 1.50. The van der Waals surface area contributed by atoms with Crippen molar-refractivity contribution < 1.29 is 4.42 Å². The predicted molar refractivity (Wildman–Crippen MR) is 62.6 cm³/mol. The summed E-state index contributed by atoms with van der Waals surface area (Å²) in [5, 5.41) is 11.2. The van der Waals surface area contributed by atoms with E-state index < -0.39 is 0 Å². The highest BCUT2D eigenvalue weighted by Crippen LogP contribution is 2.16. The van der Waals surface area contributed by atoms with Crippen molar-refractivity contribution in [2.75, 3.05) is 5.32 Å². The zero-order chi connectivity index (χ0) is 11.4. The first-order valence-electron chi connectivity index (χ1n) is 4.65. The number of halogens is 2. The predicted octanol–water partition coefficient (Wildman–Crippen LogP) is 3.07. The zero-order valence-electron chi connectivity index (χ0n) is 8.28. The Bertz CT molecular complexity index is 473. The van der Waals surface area contributed by atoms with Gasteiger partial charge in [-0.1, -0.05) is 34.9 Å². The molecule has 0 atom stereocenters. The standard InChI is InChI=1S/C10H9Cl2N3O/c11-5-9-14-15-10(16-9)13-6-7-3-1-2-4-8(7)12/h1-4H,5-6H2,(H,13,15). The Morgan fingerprint density at radius 1 is 1.25 bits per heavy atom. The molecule has 0 saturated heterocycles. The molecule has 0 radical (unpaired) electrons. The molecular formula is C10H9Cl2N3O. The van der Waals surface area contributed by atoms with Crippen LogP contribution in [0.15, 0.2) is 28.7 Å². The van der Waals surface area contributed by atoms with E-state index in [9.17, 15) is 0 Å². The van der Waals surface area contributed by atoms with Gasteiger partial charge < -0.3 is 9.73 Å². The van der Waals surface area contributed by atoms with Crippen LogP contribution in [0.1, 0.15) is 11.5 Å². The van der Waals surface area contributed by atoms with Crippen molar-refractivity contribution in [2.24, 2.45) is 0 Å². The van der Waals surface area contributed by atoms with Crippen molar-refractivity contribution in [3.63, 3.8) is 0 Å². The van der Waals surface area contributed by atoms with Crippen molar-refractivity contribution in [3.8, 4) is 0 Å². The van der Waals surface area contributed by atoms with Gasteiger partial charge in [0, 0.05) is 11.6 Å². The van der Waals surface area contributed by atoms with Crippen LogP contribution in [0.2, 0.25) is 5.02 Å². The third-order valence-corrected chi connectivity index (χ3v) is 2.57. The summed E-state index contributed by atoms with van der Waals surface area (Å²) in [7, 11) is 0. The summed E-state index contributed by atoms with van der Waals surface area (Å²) in [6.45, 7) is 0.531. The maximum atomic E-state index is 6.00. The second-order valence-corrected chi connectivity index (χ2v) is 3.75. The molecule has 0 unspecified atom stereocenters. The Kier molecular flexibility index (Phi) is 3.64. The van der Waals surface area contributed by atoms with Crippen LogP contribution in [0.3, 0.4) is 0 Å². The minimum Gasteiger partial charge on any atom is -0.407 e. The van der Waals surface area contributed by atoms with E-state index in [-0.39, 0.29) is 5.88 Å². The lowest BCUT2D eigenvalue weighted by Gasteiger charge is -2.03. The van der Waals surface area contributed by atoms with Crippen LogP contribution in [0.4, 0.5) is 6.01 Å². The smallest absolute Gasteiger partial charge is 0.315 e. The highest BCUT2D eigenvalue weighted by Gasteiger charge is 2.05. The third-order valence-electron chi connectivity index (χ3n) is 1.97. The fraction of sp³-hybridized carbons (Fsp3) is 0.200. The van der Waals surface area contributed by atoms with E-state index in [1.54, 1.807) is 0 Å². The lowest BCUT2D eigenvalue weighted by molar-refractivity contribution is 0.525. The van der Waals surface area contributed by atoms with E-state index in [2.05, 4.69) is 15.5 Å². The van der Waals surface area contributed by atoms with Gasteiger partial charge in [0.05, 0.1) is 0 Å². The van der Waals surface area contributed by atoms with Crippen LogP contribution >= 0.6 is 23.2 Å². The number of aromatic nitrogens is 2. The zero-order valence-corrected chi connectivity index (χ0v) is 9.79. The molecule has 2 aromatic rings. The molecular weight excluding hydrogens is 249 g/mol. The van der Waals surface area contributed by atoms with E-state index in [1.807, 2.05) is 24.3 Å². The van der Waals surface area contributed by atoms with E-state index in [4.69, 9.17) is 27.6 Å². The molecule has 0 aliphatic heterocycles. The Morgan fingerprint density at radius 3 is 2.75 bits per heavy atom. The topological polar surface area (TPSA) is 51.0 Å². The molecule has 16 heavy (non-hydrogen) atoms. The molecule has 0 fully saturated rings. The summed E-state index contributed by atoms with van der Waals surface area (Å²) in [5.41, 5.74) is 0.967. The maximum absolute atomic E-state index is 6.00. The summed E-state index contributed by atoms with van der Waals surface area (Å²) in [6.07, 6.45) is 0. The Labute approximate surface area is 103 Å². The van der Waals surface area contributed by atoms with Crippen molar-refractivity contribution in [3.05, 3.63) is 40.7 Å². The molecule has 0 aliphatic rings. The number of rotatable bonds is 4. The minimum absolute atomic E-state index is 0.209. The van der Waals surface area contributed by atoms with Crippen molar-refractivity contribution in [1.82, 2.24) is 10.2 Å². The molecule has 0 spiro atoms. The largest absolute Gasteiger partial charge is 0.407 e. The average Bonchev–Trinajstić information content (AvgIpc) is 2.76. The number of anilines is 1. The van der Waals surface area contributed by atoms with Gasteiger partial charge in [-0.2, -0.15) is 0 Å². The van der Waals surface area contributed by atoms with Gasteiger partial charge in [0.2, 0.25) is 5.89 Å². The molecule has 1 N–H and O–H groups in total. The minimum atomic E-state index is 0.209. The van der Waals surface area contributed by atoms with E-state index in [0.29, 0.717) is 23.5 Å². The average molecular weight is 258 g/mol. The first-order valence-corrected chi connectivity index (χ1v) is 5.56. The third kappa shape index (κ3) is 2.65. The number of benzene rings is 1. The van der Waals surface area contributed by atoms with Crippen LogP contribution in [-0.2, 0) is 12.4 Å². The van der Waals surface area contributed by atoms with Gasteiger partial charge in [-0.15, -0.1) is 16.7 Å². The Hall–Kier alpha value is -1.26. The van der Waals surface area contributed by atoms with Gasteiger partial charge >= 0.3 is 6.01 Å². The molecule has 0 amide bonds. The number of nitrogens with zero attached hydrogens (tertiary/aromatic N) is 2. The summed E-state index contributed by atoms with van der Waals surface area (Å²) in [4.78, 5) is 0. The van der Waals surface area contributed by atoms with Crippen molar-refractivity contribution >= 4 is 29.2 Å². The first-order chi connectivity index (χ1) is 7.79. The number of hydrogen-bond acceptors (Lipinski definition) is 4. The number of nitrogens with one attached hydrogen (secondary N) is 1. The van der Waals surface area contributed by atoms with Gasteiger partial charge in [0.15, 0.2) is 0 Å². The van der Waals surface area contributed by atoms with Gasteiger partial charge in [-0.05, 0) is 11.6 Å². The lowest BCUT2D eigenvalue weighted by Crippen LogP contribution is -1.99. The molecule has 2 rings (SSSR count). The van der Waals surface area contributed by atoms with Gasteiger partial charge in [0.25, 0.3) is 0 Å². The monoisotopic (exact) mass is 257 g/mol. The Balaban J connectivity index is 1.99. The summed E-state index contributed by atoms with van der Waals surface area (Å²) in [5.74, 6) is 0.601. The molecule has 1 aromatic heterocycles. The van der Waals surface area contributed by atoms with Gasteiger partial charge in [-0.25, -0.2) is 0 Å². The second kappa shape index (κ2) is 5.18. The van der Waals surface area contributed by atoms with Gasteiger partial charge in [-0.3, -0.25) is 0 Å². The van der Waals surface area contributed by atoms with Crippen LogP contribution in [-0.4, -0.2) is 10.2 Å². The number of alkyl halides is 1. The molecule has 1 heterocycles. The molecule has 0 bridgehead atoms. The fourth-order valence-electron chi connectivity index (χ4n) is 1.19. The summed E-state index contributed by atoms with van der Waals surface area (Å²) in [6, 6.07) is 7.89. The normalized spacial score (nSPS) is 10.4.